The van der Waals surface area contributed by atoms with Crippen molar-refractivity contribution in [3.8, 4) is 0 Å². The summed E-state index contributed by atoms with van der Waals surface area (Å²) >= 11 is 0. The third-order valence-corrected chi connectivity index (χ3v) is 0.854. The van der Waals surface area contributed by atoms with E-state index < -0.39 is 11.9 Å². The summed E-state index contributed by atoms with van der Waals surface area (Å²) in [6.07, 6.45) is 1.86. The number of carboxylic acids is 1. The van der Waals surface area contributed by atoms with Crippen LogP contribution in [0.3, 0.4) is 0 Å². The Hall–Kier alpha value is -1.32. The van der Waals surface area contributed by atoms with Crippen molar-refractivity contribution >= 4 is 11.9 Å². The molecule has 0 aliphatic heterocycles. The predicted molar refractivity (Wildman–Crippen MR) is 37.8 cm³/mol. The topological polar surface area (TPSA) is 63.6 Å². The molecule has 0 aromatic rings. The normalized spacial score (nSPS) is 10.9. The third-order valence-electron chi connectivity index (χ3n) is 0.854. The van der Waals surface area contributed by atoms with Crippen LogP contribution in [0.2, 0.25) is 0 Å². The second-order valence-electron chi connectivity index (χ2n) is 1.88. The summed E-state index contributed by atoms with van der Waals surface area (Å²) in [6, 6.07) is 0. The Labute approximate surface area is 64.5 Å². The van der Waals surface area contributed by atoms with E-state index in [0.29, 0.717) is 6.42 Å². The zero-order valence-corrected chi connectivity index (χ0v) is 6.46. The highest BCUT2D eigenvalue weighted by atomic mass is 16.6. The summed E-state index contributed by atoms with van der Waals surface area (Å²) in [6.45, 7) is 2.92. The first-order chi connectivity index (χ1) is 5.07. The van der Waals surface area contributed by atoms with Crippen LogP contribution in [0.25, 0.3) is 0 Å². The highest BCUT2D eigenvalue weighted by Gasteiger charge is 2.09. The Balaban J connectivity index is 4.23. The Morgan fingerprint density at radius 1 is 1.55 bits per heavy atom. The maximum Gasteiger partial charge on any atom is 0.371 e. The number of carbonyl (C=O) groups excluding carboxylic acids is 1. The van der Waals surface area contributed by atoms with E-state index in [-0.39, 0.29) is 5.76 Å². The van der Waals surface area contributed by atoms with Crippen LogP contribution < -0.4 is 0 Å². The van der Waals surface area contributed by atoms with Crippen molar-refractivity contribution < 1.29 is 19.4 Å². The quantitative estimate of drug-likeness (QED) is 0.377. The SMILES string of the molecule is CCC=C(OC(C)=O)C(=O)O. The van der Waals surface area contributed by atoms with Crippen LogP contribution in [0, 0.1) is 0 Å². The minimum absolute atomic E-state index is 0.306. The maximum absolute atomic E-state index is 10.3. The summed E-state index contributed by atoms with van der Waals surface area (Å²) in [5, 5.41) is 8.41. The standard InChI is InChI=1S/C7H10O4/c1-3-4-6(7(9)10)11-5(2)8/h4H,3H2,1-2H3,(H,9,10). The van der Waals surface area contributed by atoms with Gasteiger partial charge in [-0.1, -0.05) is 6.92 Å². The Morgan fingerprint density at radius 3 is 2.36 bits per heavy atom. The number of aliphatic carboxylic acids is 1. The van der Waals surface area contributed by atoms with Crippen molar-refractivity contribution in [1.29, 1.82) is 0 Å². The van der Waals surface area contributed by atoms with Gasteiger partial charge in [-0.3, -0.25) is 4.79 Å². The van der Waals surface area contributed by atoms with Gasteiger partial charge in [0.2, 0.25) is 5.76 Å². The molecule has 0 rings (SSSR count). The summed E-state index contributed by atoms with van der Waals surface area (Å²) in [5.41, 5.74) is 0. The molecule has 0 aliphatic rings. The van der Waals surface area contributed by atoms with Gasteiger partial charge < -0.3 is 9.84 Å². The fourth-order valence-corrected chi connectivity index (χ4v) is 0.513. The van der Waals surface area contributed by atoms with E-state index >= 15 is 0 Å². The molecule has 4 nitrogen and oxygen atoms in total. The van der Waals surface area contributed by atoms with E-state index in [2.05, 4.69) is 4.74 Å². The first-order valence-electron chi connectivity index (χ1n) is 3.19. The van der Waals surface area contributed by atoms with E-state index in [1.165, 1.54) is 6.08 Å². The predicted octanol–water partition coefficient (Wildman–Crippen LogP) is 0.928. The molecular weight excluding hydrogens is 148 g/mol. The fraction of sp³-hybridized carbons (Fsp3) is 0.429. The number of carboxylic acid groups (broad SMARTS) is 1. The minimum Gasteiger partial charge on any atom is -0.475 e. The summed E-state index contributed by atoms with van der Waals surface area (Å²) in [7, 11) is 0. The number of rotatable bonds is 3. The molecule has 0 heterocycles. The number of hydrogen-bond acceptors (Lipinski definition) is 3. The zero-order chi connectivity index (χ0) is 8.85. The highest BCUT2D eigenvalue weighted by molar-refractivity contribution is 5.87. The molecule has 4 heteroatoms. The molecule has 0 aromatic heterocycles. The number of hydrogen-bond donors (Lipinski definition) is 1. The van der Waals surface area contributed by atoms with Crippen molar-refractivity contribution in [2.45, 2.75) is 20.3 Å². The highest BCUT2D eigenvalue weighted by Crippen LogP contribution is 1.99. The smallest absolute Gasteiger partial charge is 0.371 e. The van der Waals surface area contributed by atoms with Crippen LogP contribution in [-0.4, -0.2) is 17.0 Å². The molecule has 11 heavy (non-hydrogen) atoms. The Kier molecular flexibility index (Phi) is 3.95. The number of ether oxygens (including phenoxy) is 1. The zero-order valence-electron chi connectivity index (χ0n) is 6.46. The Bertz CT molecular complexity index is 193. The summed E-state index contributed by atoms with van der Waals surface area (Å²) in [4.78, 5) is 20.6. The molecule has 0 amide bonds. The van der Waals surface area contributed by atoms with Gasteiger partial charge in [0, 0.05) is 6.92 Å². The van der Waals surface area contributed by atoms with Crippen LogP contribution in [-0.2, 0) is 14.3 Å². The van der Waals surface area contributed by atoms with Crippen molar-refractivity contribution in [2.75, 3.05) is 0 Å². The van der Waals surface area contributed by atoms with Gasteiger partial charge in [0.15, 0.2) is 0 Å². The van der Waals surface area contributed by atoms with Gasteiger partial charge in [-0.2, -0.15) is 0 Å². The summed E-state index contributed by atoms with van der Waals surface area (Å²) in [5.74, 6) is -2.14. The molecule has 1 N–H and O–H groups in total. The molecule has 0 unspecified atom stereocenters. The second kappa shape index (κ2) is 4.49. The molecule has 0 saturated heterocycles. The molecule has 0 fully saturated rings. The lowest BCUT2D eigenvalue weighted by Crippen LogP contribution is -2.08. The van der Waals surface area contributed by atoms with E-state index in [1.54, 1.807) is 6.92 Å². The molecule has 0 radical (unpaired) electrons. The number of carbonyl (C=O) groups is 2. The third kappa shape index (κ3) is 4.13. The van der Waals surface area contributed by atoms with Gasteiger partial charge in [0.25, 0.3) is 0 Å². The first kappa shape index (κ1) is 9.68. The molecule has 0 aromatic carbocycles. The monoisotopic (exact) mass is 158 g/mol. The molecule has 0 spiro atoms. The van der Waals surface area contributed by atoms with Gasteiger partial charge in [-0.15, -0.1) is 0 Å². The van der Waals surface area contributed by atoms with Crippen LogP contribution in [0.5, 0.6) is 0 Å². The van der Waals surface area contributed by atoms with Crippen LogP contribution in [0.15, 0.2) is 11.8 Å². The molecule has 0 saturated carbocycles. The van der Waals surface area contributed by atoms with Crippen molar-refractivity contribution in [3.05, 3.63) is 11.8 Å². The van der Waals surface area contributed by atoms with Crippen molar-refractivity contribution in [3.63, 3.8) is 0 Å². The van der Waals surface area contributed by atoms with E-state index in [1.807, 2.05) is 0 Å². The largest absolute Gasteiger partial charge is 0.475 e. The number of allylic oxidation sites excluding steroid dienone is 1. The fourth-order valence-electron chi connectivity index (χ4n) is 0.513. The van der Waals surface area contributed by atoms with Crippen molar-refractivity contribution in [2.24, 2.45) is 0 Å². The minimum atomic E-state index is -1.22. The Morgan fingerprint density at radius 2 is 2.09 bits per heavy atom. The van der Waals surface area contributed by atoms with E-state index in [9.17, 15) is 9.59 Å². The molecule has 0 bridgehead atoms. The van der Waals surface area contributed by atoms with Crippen LogP contribution in [0.4, 0.5) is 0 Å². The van der Waals surface area contributed by atoms with Gasteiger partial charge in [-0.05, 0) is 12.5 Å². The van der Waals surface area contributed by atoms with Gasteiger partial charge >= 0.3 is 11.9 Å². The van der Waals surface area contributed by atoms with E-state index in [4.69, 9.17) is 5.11 Å². The lowest BCUT2D eigenvalue weighted by molar-refractivity contribution is -0.146. The lowest BCUT2D eigenvalue weighted by Gasteiger charge is -1.99. The molecule has 0 atom stereocenters. The van der Waals surface area contributed by atoms with Crippen LogP contribution in [0.1, 0.15) is 20.3 Å². The first-order valence-corrected chi connectivity index (χ1v) is 3.19. The second-order valence-corrected chi connectivity index (χ2v) is 1.88. The lowest BCUT2D eigenvalue weighted by atomic mass is 10.4. The molecular formula is C7H10O4. The average Bonchev–Trinajstić information content (AvgIpc) is 1.86. The maximum atomic E-state index is 10.3. The molecule has 62 valence electrons. The van der Waals surface area contributed by atoms with E-state index in [0.717, 1.165) is 6.92 Å². The van der Waals surface area contributed by atoms with Crippen LogP contribution >= 0.6 is 0 Å². The summed E-state index contributed by atoms with van der Waals surface area (Å²) < 4.78 is 4.37. The van der Waals surface area contributed by atoms with Gasteiger partial charge in [0.1, 0.15) is 0 Å². The van der Waals surface area contributed by atoms with Gasteiger partial charge in [0.05, 0.1) is 0 Å². The number of esters is 1. The van der Waals surface area contributed by atoms with Crippen molar-refractivity contribution in [1.82, 2.24) is 0 Å². The van der Waals surface area contributed by atoms with Gasteiger partial charge in [-0.25, -0.2) is 4.79 Å². The molecule has 0 aliphatic carbocycles. The average molecular weight is 158 g/mol.